The van der Waals surface area contributed by atoms with Crippen molar-refractivity contribution in [3.05, 3.63) is 108 Å². The summed E-state index contributed by atoms with van der Waals surface area (Å²) in [5.41, 5.74) is 4.81. The highest BCUT2D eigenvalue weighted by Gasteiger charge is 2.14. The van der Waals surface area contributed by atoms with Crippen molar-refractivity contribution in [2.24, 2.45) is 0 Å². The van der Waals surface area contributed by atoms with Crippen LogP contribution in [0.3, 0.4) is 0 Å². The molecule has 5 heteroatoms. The summed E-state index contributed by atoms with van der Waals surface area (Å²) in [7, 11) is 1.66. The molecule has 0 saturated carbocycles. The maximum absolute atomic E-state index is 12.6. The first-order valence-corrected chi connectivity index (χ1v) is 11.6. The third-order valence-electron chi connectivity index (χ3n) is 6.01. The van der Waals surface area contributed by atoms with Crippen LogP contribution in [0.5, 0.6) is 11.5 Å². The van der Waals surface area contributed by atoms with E-state index < -0.39 is 18.0 Å². The van der Waals surface area contributed by atoms with Crippen LogP contribution in [-0.2, 0) is 9.53 Å². The summed E-state index contributed by atoms with van der Waals surface area (Å²) in [4.78, 5) is 24.4. The maximum atomic E-state index is 12.6. The maximum Gasteiger partial charge on any atom is 0.343 e. The second kappa shape index (κ2) is 10.5. The van der Waals surface area contributed by atoms with Crippen LogP contribution in [0.4, 0.5) is 0 Å². The number of carbonyl (C=O) groups excluding carboxylic acids is 2. The Labute approximate surface area is 210 Å². The minimum atomic E-state index is -0.461. The molecule has 4 aromatic carbocycles. The summed E-state index contributed by atoms with van der Waals surface area (Å²) in [6.45, 7) is 9.03. The van der Waals surface area contributed by atoms with E-state index in [1.165, 1.54) is 0 Å². The van der Waals surface area contributed by atoms with E-state index in [0.717, 1.165) is 38.8 Å². The summed E-state index contributed by atoms with van der Waals surface area (Å²) in [5.74, 6) is 0.376. The number of fused-ring (bicyclic) bond motifs is 1. The number of aryl methyl sites for hydroxylation is 1. The van der Waals surface area contributed by atoms with E-state index in [0.29, 0.717) is 16.9 Å². The monoisotopic (exact) mass is 480 g/mol. The Morgan fingerprint density at radius 2 is 1.50 bits per heavy atom. The van der Waals surface area contributed by atoms with E-state index in [1.807, 2.05) is 30.3 Å². The van der Waals surface area contributed by atoms with Crippen molar-refractivity contribution >= 4 is 22.7 Å². The minimum absolute atomic E-state index is 0.338. The van der Waals surface area contributed by atoms with Gasteiger partial charge in [0.1, 0.15) is 17.6 Å². The second-order valence-corrected chi connectivity index (χ2v) is 8.74. The zero-order valence-electron chi connectivity index (χ0n) is 20.8. The van der Waals surface area contributed by atoms with Gasteiger partial charge < -0.3 is 14.2 Å². The molecule has 0 aliphatic rings. The Hall–Kier alpha value is -4.38. The molecule has 0 bridgehead atoms. The lowest BCUT2D eigenvalue weighted by Crippen LogP contribution is -2.11. The molecule has 0 radical (unpaired) electrons. The topological polar surface area (TPSA) is 61.8 Å². The third kappa shape index (κ3) is 5.47. The van der Waals surface area contributed by atoms with Crippen LogP contribution >= 0.6 is 0 Å². The van der Waals surface area contributed by atoms with Crippen LogP contribution in [0, 0.1) is 6.92 Å². The van der Waals surface area contributed by atoms with Crippen molar-refractivity contribution in [3.8, 4) is 22.6 Å². The van der Waals surface area contributed by atoms with Gasteiger partial charge in [0.2, 0.25) is 0 Å². The summed E-state index contributed by atoms with van der Waals surface area (Å²) >= 11 is 0. The van der Waals surface area contributed by atoms with Crippen molar-refractivity contribution in [1.29, 1.82) is 0 Å². The highest BCUT2D eigenvalue weighted by molar-refractivity contribution is 5.92. The number of esters is 2. The SMILES string of the molecule is C=C(C)C(=O)OC(C)c1ccc(C(=O)Oc2ccc(-c3cc4ccc(OC)cc4cc3C)cc2)cc1. The zero-order chi connectivity index (χ0) is 25.8. The van der Waals surface area contributed by atoms with Gasteiger partial charge in [-0.05, 0) is 96.3 Å². The fourth-order valence-electron chi connectivity index (χ4n) is 3.92. The lowest BCUT2D eigenvalue weighted by Gasteiger charge is -2.14. The lowest BCUT2D eigenvalue weighted by atomic mass is 9.96. The van der Waals surface area contributed by atoms with Gasteiger partial charge in [0.05, 0.1) is 12.7 Å². The number of benzene rings is 4. The van der Waals surface area contributed by atoms with Gasteiger partial charge in [-0.15, -0.1) is 0 Å². The van der Waals surface area contributed by atoms with Crippen LogP contribution in [0.2, 0.25) is 0 Å². The molecule has 5 nitrogen and oxygen atoms in total. The molecule has 4 rings (SSSR count). The first-order valence-electron chi connectivity index (χ1n) is 11.6. The van der Waals surface area contributed by atoms with Crippen molar-refractivity contribution < 1.29 is 23.8 Å². The van der Waals surface area contributed by atoms with Gasteiger partial charge in [-0.2, -0.15) is 0 Å². The average molecular weight is 481 g/mol. The Morgan fingerprint density at radius 3 is 2.14 bits per heavy atom. The number of ether oxygens (including phenoxy) is 3. The van der Waals surface area contributed by atoms with Gasteiger partial charge in [-0.1, -0.05) is 43.0 Å². The average Bonchev–Trinajstić information content (AvgIpc) is 2.88. The van der Waals surface area contributed by atoms with Crippen LogP contribution in [0.1, 0.15) is 41.4 Å². The minimum Gasteiger partial charge on any atom is -0.497 e. The molecule has 0 aromatic heterocycles. The molecule has 182 valence electrons. The highest BCUT2D eigenvalue weighted by Crippen LogP contribution is 2.31. The fourth-order valence-corrected chi connectivity index (χ4v) is 3.92. The molecular formula is C31H28O5. The smallest absolute Gasteiger partial charge is 0.343 e. The number of hydrogen-bond acceptors (Lipinski definition) is 5. The van der Waals surface area contributed by atoms with Gasteiger partial charge in [-0.3, -0.25) is 0 Å². The molecule has 36 heavy (non-hydrogen) atoms. The van der Waals surface area contributed by atoms with Crippen LogP contribution < -0.4 is 9.47 Å². The molecule has 0 N–H and O–H groups in total. The summed E-state index contributed by atoms with van der Waals surface area (Å²) in [5, 5.41) is 2.25. The van der Waals surface area contributed by atoms with Crippen LogP contribution in [-0.4, -0.2) is 19.0 Å². The second-order valence-electron chi connectivity index (χ2n) is 8.74. The van der Waals surface area contributed by atoms with E-state index in [9.17, 15) is 9.59 Å². The largest absolute Gasteiger partial charge is 0.497 e. The summed E-state index contributed by atoms with van der Waals surface area (Å²) < 4.78 is 16.2. The molecule has 0 aliphatic heterocycles. The Kier molecular flexibility index (Phi) is 7.20. The highest BCUT2D eigenvalue weighted by atomic mass is 16.5. The Balaban J connectivity index is 1.45. The molecule has 0 spiro atoms. The Bertz CT molecular complexity index is 1430. The van der Waals surface area contributed by atoms with Crippen molar-refractivity contribution in [2.45, 2.75) is 26.9 Å². The third-order valence-corrected chi connectivity index (χ3v) is 6.01. The quantitative estimate of drug-likeness (QED) is 0.159. The first kappa shape index (κ1) is 24.7. The number of methoxy groups -OCH3 is 1. The Morgan fingerprint density at radius 1 is 0.833 bits per heavy atom. The van der Waals surface area contributed by atoms with Gasteiger partial charge in [0.15, 0.2) is 0 Å². The molecule has 0 saturated heterocycles. The number of hydrogen-bond donors (Lipinski definition) is 0. The van der Waals surface area contributed by atoms with Crippen LogP contribution in [0.15, 0.2) is 91.0 Å². The molecule has 0 heterocycles. The van der Waals surface area contributed by atoms with E-state index in [4.69, 9.17) is 14.2 Å². The van der Waals surface area contributed by atoms with Gasteiger partial charge in [0.25, 0.3) is 0 Å². The van der Waals surface area contributed by atoms with Gasteiger partial charge in [-0.25, -0.2) is 9.59 Å². The lowest BCUT2D eigenvalue weighted by molar-refractivity contribution is -0.143. The normalized spacial score (nSPS) is 11.6. The van der Waals surface area contributed by atoms with Gasteiger partial charge in [0, 0.05) is 5.57 Å². The van der Waals surface area contributed by atoms with Crippen molar-refractivity contribution in [3.63, 3.8) is 0 Å². The molecule has 1 atom stereocenters. The molecule has 1 unspecified atom stereocenters. The summed E-state index contributed by atoms with van der Waals surface area (Å²) in [6, 6.07) is 24.6. The molecule has 0 aliphatic carbocycles. The van der Waals surface area contributed by atoms with E-state index in [2.05, 4.69) is 25.6 Å². The molecule has 4 aromatic rings. The van der Waals surface area contributed by atoms with Crippen molar-refractivity contribution in [2.75, 3.05) is 7.11 Å². The number of carbonyl (C=O) groups is 2. The van der Waals surface area contributed by atoms with E-state index in [-0.39, 0.29) is 0 Å². The standard InChI is InChI=1S/C31H28O5/c1-19(2)30(32)35-21(4)22-6-8-24(9-7-22)31(33)36-27-13-10-23(11-14-27)29-18-25-12-15-28(34-5)17-26(25)16-20(29)3/h6-18,21H,1H2,2-5H3. The van der Waals surface area contributed by atoms with E-state index >= 15 is 0 Å². The van der Waals surface area contributed by atoms with E-state index in [1.54, 1.807) is 57.4 Å². The molecule has 0 fully saturated rings. The molecule has 0 amide bonds. The summed E-state index contributed by atoms with van der Waals surface area (Å²) in [6.07, 6.45) is -0.451. The predicted octanol–water partition coefficient (Wildman–Crippen LogP) is 7.22. The van der Waals surface area contributed by atoms with Gasteiger partial charge >= 0.3 is 11.9 Å². The van der Waals surface area contributed by atoms with Crippen molar-refractivity contribution in [1.82, 2.24) is 0 Å². The van der Waals surface area contributed by atoms with Crippen LogP contribution in [0.25, 0.3) is 21.9 Å². The zero-order valence-corrected chi connectivity index (χ0v) is 20.8. The fraction of sp³-hybridized carbons (Fsp3) is 0.161. The predicted molar refractivity (Wildman–Crippen MR) is 141 cm³/mol. The first-order chi connectivity index (χ1) is 17.2. The number of rotatable bonds is 7. The molecular weight excluding hydrogens is 452 g/mol.